The summed E-state index contributed by atoms with van der Waals surface area (Å²) in [4.78, 5) is 64.0. The van der Waals surface area contributed by atoms with Crippen LogP contribution in [0.25, 0.3) is 44.4 Å². The Hall–Kier alpha value is -6.94. The van der Waals surface area contributed by atoms with E-state index >= 15 is 0 Å². The molecule has 8 rings (SSSR count). The second kappa shape index (κ2) is 29.6. The summed E-state index contributed by atoms with van der Waals surface area (Å²) in [5.41, 5.74) is 6.55. The van der Waals surface area contributed by atoms with Crippen LogP contribution < -0.4 is 10.6 Å². The van der Waals surface area contributed by atoms with Crippen molar-refractivity contribution in [2.24, 2.45) is 11.8 Å². The number of terminal acetylenes is 2. The Balaban J connectivity index is 0.000000345. The lowest BCUT2D eigenvalue weighted by molar-refractivity contribution is -0.135. The number of imidazole rings is 2. The largest absolute Gasteiger partial charge is 0.471 e. The number of hydrogen-bond acceptors (Lipinski definition) is 10. The molecule has 3 amide bonds. The summed E-state index contributed by atoms with van der Waals surface area (Å²) in [6.07, 6.45) is 27.7. The van der Waals surface area contributed by atoms with E-state index in [1.807, 2.05) is 31.3 Å². The van der Waals surface area contributed by atoms with E-state index in [2.05, 4.69) is 142 Å². The van der Waals surface area contributed by atoms with Crippen molar-refractivity contribution in [2.45, 2.75) is 84.3 Å². The molecule has 15 heteroatoms. The number of likely N-dealkylation sites (N-methyl/N-ethyl adjacent to an activating group) is 1. The number of benzene rings is 3. The zero-order valence-electron chi connectivity index (χ0n) is 40.7. The summed E-state index contributed by atoms with van der Waals surface area (Å²) >= 11 is 0. The van der Waals surface area contributed by atoms with Crippen LogP contribution in [0.4, 0.5) is 4.79 Å². The van der Waals surface area contributed by atoms with Gasteiger partial charge in [0, 0.05) is 37.9 Å². The number of hydrogen-bond donors (Lipinski definition) is 4. The Morgan fingerprint density at radius 3 is 1.96 bits per heavy atom. The van der Waals surface area contributed by atoms with Gasteiger partial charge in [-0.15, -0.1) is 25.7 Å². The summed E-state index contributed by atoms with van der Waals surface area (Å²) in [6.45, 7) is 12.3. The number of fused-ring (bicyclic) bond motifs is 1. The first-order valence-electron chi connectivity index (χ1n) is 23.0. The van der Waals surface area contributed by atoms with Crippen LogP contribution in [-0.2, 0) is 28.6 Å². The van der Waals surface area contributed by atoms with Crippen LogP contribution in [0.1, 0.15) is 78.1 Å². The summed E-state index contributed by atoms with van der Waals surface area (Å²) < 4.78 is 13.3. The van der Waals surface area contributed by atoms with E-state index in [1.165, 1.54) is 55.4 Å². The Morgan fingerprint density at radius 2 is 1.44 bits per heavy atom. The number of carbonyl (C=O) groups excluding carboxylic acids is 4. The van der Waals surface area contributed by atoms with Crippen molar-refractivity contribution < 1.29 is 33.4 Å². The Bertz CT molecular complexity index is 2300. The van der Waals surface area contributed by atoms with E-state index in [0.29, 0.717) is 12.4 Å². The second-order valence-corrected chi connectivity index (χ2v) is 16.6. The van der Waals surface area contributed by atoms with Crippen molar-refractivity contribution in [3.05, 3.63) is 85.2 Å². The molecule has 0 bridgehead atoms. The van der Waals surface area contributed by atoms with E-state index in [1.54, 1.807) is 11.2 Å². The molecule has 3 aliphatic heterocycles. The van der Waals surface area contributed by atoms with E-state index in [4.69, 9.17) is 14.5 Å². The van der Waals surface area contributed by atoms with Crippen LogP contribution in [0.3, 0.4) is 0 Å². The molecule has 4 N–H and O–H groups in total. The molecule has 0 spiro atoms. The summed E-state index contributed by atoms with van der Waals surface area (Å²) in [7, 11) is 4.45. The number of alkyl carbamates (subject to hydrolysis) is 1. The SMILES string of the molecule is C#C.C#C.C1CCOCC1.CNC(C(=O)N1CCC[C@H]1c1ncc(-c2ccc3cc(-c4ccc(-c5cnc[nH]5)cc4)ccc3c2)[nH]1)C(C)C.COC(=O)NCC(=O)N1CC[C@@H](C)[C@H]1C.COC=O. The van der Waals surface area contributed by atoms with Gasteiger partial charge in [-0.05, 0) is 104 Å². The third kappa shape index (κ3) is 15.9. The minimum Gasteiger partial charge on any atom is -0.471 e. The van der Waals surface area contributed by atoms with Gasteiger partial charge in [-0.2, -0.15) is 0 Å². The molecule has 5 heterocycles. The van der Waals surface area contributed by atoms with Crippen molar-refractivity contribution in [3.8, 4) is 59.3 Å². The van der Waals surface area contributed by atoms with Crippen LogP contribution in [0.5, 0.6) is 0 Å². The molecule has 1 unspecified atom stereocenters. The molecule has 2 aromatic heterocycles. The van der Waals surface area contributed by atoms with Gasteiger partial charge in [0.1, 0.15) is 12.4 Å². The molecule has 3 aliphatic rings. The van der Waals surface area contributed by atoms with Crippen molar-refractivity contribution in [1.29, 1.82) is 0 Å². The minimum absolute atomic E-state index is 0.0106. The number of H-pyrrole nitrogens is 2. The lowest BCUT2D eigenvalue weighted by atomic mass is 9.98. The molecule has 3 fully saturated rings. The topological polar surface area (TPSA) is 184 Å². The molecule has 3 saturated heterocycles. The van der Waals surface area contributed by atoms with Gasteiger partial charge in [0.05, 0.1) is 56.4 Å². The number of methoxy groups -OCH3 is 2. The highest BCUT2D eigenvalue weighted by Gasteiger charge is 2.36. The van der Waals surface area contributed by atoms with E-state index in [9.17, 15) is 14.4 Å². The zero-order chi connectivity index (χ0) is 50.0. The molecule has 4 atom stereocenters. The number of nitrogens with one attached hydrogen (secondary N) is 4. The first-order valence-corrected chi connectivity index (χ1v) is 23.0. The van der Waals surface area contributed by atoms with Crippen molar-refractivity contribution in [1.82, 2.24) is 40.4 Å². The number of nitrogens with zero attached hydrogens (tertiary/aromatic N) is 4. The monoisotopic (exact) mass is 931 g/mol. The maximum atomic E-state index is 13.2. The average molecular weight is 931 g/mol. The number of rotatable bonds is 10. The highest BCUT2D eigenvalue weighted by atomic mass is 16.5. The van der Waals surface area contributed by atoms with Crippen molar-refractivity contribution in [3.63, 3.8) is 0 Å². The van der Waals surface area contributed by atoms with Gasteiger partial charge < -0.3 is 44.6 Å². The normalized spacial score (nSPS) is 17.4. The molecule has 0 aliphatic carbocycles. The molecular formula is C53H70N8O7. The maximum absolute atomic E-state index is 13.2. The van der Waals surface area contributed by atoms with Gasteiger partial charge >= 0.3 is 6.09 Å². The summed E-state index contributed by atoms with van der Waals surface area (Å²) in [5, 5.41) is 7.95. The van der Waals surface area contributed by atoms with E-state index < -0.39 is 6.09 Å². The molecule has 0 saturated carbocycles. The molecule has 0 radical (unpaired) electrons. The fourth-order valence-corrected chi connectivity index (χ4v) is 8.19. The number of likely N-dealkylation sites (tertiary alicyclic amines) is 2. The highest BCUT2D eigenvalue weighted by molar-refractivity contribution is 5.90. The Kier molecular flexibility index (Phi) is 24.1. The van der Waals surface area contributed by atoms with Crippen molar-refractivity contribution in [2.75, 3.05) is 54.1 Å². The first-order chi connectivity index (χ1) is 33.0. The number of aromatic nitrogens is 4. The standard InChI is InChI=1S/C32H34N6O.C10H18N2O3.C5H10O.C2H4O2.2C2H2/c1-20(2)30(33-3)32(39)38-14-4-5-29(38)31-35-18-28(37-31)26-13-12-24-15-23(10-11-25(24)16-26)21-6-8-22(9-7-21)27-17-34-19-36-27;1-7-4-5-12(8(7)2)9(13)6-11-10(14)15-3;1-2-4-6-5-3-1;1-4-2-3;2*1-2/h6-13,15-20,29-30,33H,4-5,14H2,1-3H3,(H,34,36)(H,35,37);7-8H,4-6H2,1-3H3,(H,11,14);1-5H2;2H,1H3;2*1-2H/t29-,30?;7-,8-;;;;/m01..../s1. The predicted octanol–water partition coefficient (Wildman–Crippen LogP) is 8.27. The fourth-order valence-electron chi connectivity index (χ4n) is 8.19. The molecule has 5 aromatic rings. The first kappa shape index (κ1) is 55.4. The molecule has 3 aromatic carbocycles. The zero-order valence-corrected chi connectivity index (χ0v) is 40.7. The van der Waals surface area contributed by atoms with Gasteiger partial charge in [0.25, 0.3) is 6.47 Å². The number of amides is 3. The van der Waals surface area contributed by atoms with Crippen LogP contribution in [0.15, 0.2) is 79.4 Å². The molecule has 364 valence electrons. The Labute approximate surface area is 402 Å². The lowest BCUT2D eigenvalue weighted by Crippen LogP contribution is -2.47. The van der Waals surface area contributed by atoms with Gasteiger partial charge in [-0.1, -0.05) is 69.3 Å². The summed E-state index contributed by atoms with van der Waals surface area (Å²) in [5.74, 6) is 1.74. The summed E-state index contributed by atoms with van der Waals surface area (Å²) in [6, 6.07) is 21.7. The van der Waals surface area contributed by atoms with Crippen LogP contribution >= 0.6 is 0 Å². The van der Waals surface area contributed by atoms with E-state index in [0.717, 1.165) is 73.9 Å². The third-order valence-electron chi connectivity index (χ3n) is 12.1. The van der Waals surface area contributed by atoms with Gasteiger partial charge in [0.15, 0.2) is 0 Å². The van der Waals surface area contributed by atoms with Crippen molar-refractivity contribution >= 4 is 35.2 Å². The number of ether oxygens (including phenoxy) is 3. The Morgan fingerprint density at radius 1 is 0.824 bits per heavy atom. The third-order valence-corrected chi connectivity index (χ3v) is 12.1. The smallest absolute Gasteiger partial charge is 0.407 e. The van der Waals surface area contributed by atoms with Gasteiger partial charge in [-0.3, -0.25) is 14.4 Å². The van der Waals surface area contributed by atoms with Crippen LogP contribution in [0, 0.1) is 37.5 Å². The van der Waals surface area contributed by atoms with Gasteiger partial charge in [0.2, 0.25) is 11.8 Å². The highest BCUT2D eigenvalue weighted by Crippen LogP contribution is 2.34. The fraction of sp³-hybridized carbons (Fsp3) is 0.434. The van der Waals surface area contributed by atoms with Crippen LogP contribution in [-0.4, -0.2) is 120 Å². The van der Waals surface area contributed by atoms with E-state index in [-0.39, 0.29) is 42.4 Å². The van der Waals surface area contributed by atoms with Crippen LogP contribution in [0.2, 0.25) is 0 Å². The maximum Gasteiger partial charge on any atom is 0.407 e. The lowest BCUT2D eigenvalue weighted by Gasteiger charge is -2.29. The number of aromatic amines is 2. The predicted molar refractivity (Wildman–Crippen MR) is 269 cm³/mol. The van der Waals surface area contributed by atoms with Gasteiger partial charge in [-0.25, -0.2) is 14.8 Å². The average Bonchev–Trinajstić information content (AvgIpc) is 4.25. The molecule has 68 heavy (non-hydrogen) atoms. The minimum atomic E-state index is -0.566. The molecule has 15 nitrogen and oxygen atoms in total. The molecular weight excluding hydrogens is 861 g/mol. The quantitative estimate of drug-likeness (QED) is 0.0786. The number of carbonyl (C=O) groups is 4. The second-order valence-electron chi connectivity index (χ2n) is 16.6.